The van der Waals surface area contributed by atoms with Gasteiger partial charge in [0, 0.05) is 11.1 Å². The van der Waals surface area contributed by atoms with Crippen LogP contribution < -0.4 is 4.74 Å². The van der Waals surface area contributed by atoms with Gasteiger partial charge in [-0.05, 0) is 41.8 Å². The number of hydrogen-bond donors (Lipinski definition) is 0. The molecule has 3 rings (SSSR count). The Morgan fingerprint density at radius 2 is 1.82 bits per heavy atom. The van der Waals surface area contributed by atoms with Gasteiger partial charge >= 0.3 is 0 Å². The maximum Gasteiger partial charge on any atom is 0.194 e. The summed E-state index contributed by atoms with van der Waals surface area (Å²) in [6.07, 6.45) is 0. The second-order valence-electron chi connectivity index (χ2n) is 4.24. The van der Waals surface area contributed by atoms with E-state index in [2.05, 4.69) is 0 Å². The van der Waals surface area contributed by atoms with Gasteiger partial charge in [0.2, 0.25) is 0 Å². The Morgan fingerprint density at radius 3 is 2.59 bits per heavy atom. The average molecular weight is 224 g/mol. The first-order valence-corrected chi connectivity index (χ1v) is 5.55. The normalized spacial score (nSPS) is 12.2. The van der Waals surface area contributed by atoms with Crippen LogP contribution in [0.25, 0.3) is 11.1 Å². The summed E-state index contributed by atoms with van der Waals surface area (Å²) in [6, 6.07) is 11.5. The van der Waals surface area contributed by atoms with E-state index in [9.17, 15) is 4.79 Å². The van der Waals surface area contributed by atoms with Crippen LogP contribution in [-0.4, -0.2) is 12.9 Å². The number of hydrogen-bond acceptors (Lipinski definition) is 2. The number of ether oxygens (including phenoxy) is 1. The second kappa shape index (κ2) is 3.45. The van der Waals surface area contributed by atoms with Gasteiger partial charge in [-0.15, -0.1) is 0 Å². The Hall–Kier alpha value is -2.09. The largest absolute Gasteiger partial charge is 0.497 e. The zero-order valence-corrected chi connectivity index (χ0v) is 9.78. The van der Waals surface area contributed by atoms with E-state index in [1.807, 2.05) is 43.3 Å². The monoisotopic (exact) mass is 224 g/mol. The molecular weight excluding hydrogens is 212 g/mol. The van der Waals surface area contributed by atoms with Gasteiger partial charge in [-0.3, -0.25) is 4.79 Å². The maximum atomic E-state index is 12.3. The fraction of sp³-hybridized carbons (Fsp3) is 0.133. The molecule has 1 aliphatic carbocycles. The number of carbonyl (C=O) groups excluding carboxylic acids is 1. The van der Waals surface area contributed by atoms with Gasteiger partial charge < -0.3 is 4.74 Å². The smallest absolute Gasteiger partial charge is 0.194 e. The number of rotatable bonds is 1. The first kappa shape index (κ1) is 10.1. The molecule has 0 fully saturated rings. The Morgan fingerprint density at radius 1 is 1.00 bits per heavy atom. The van der Waals surface area contributed by atoms with Crippen molar-refractivity contribution >= 4 is 5.78 Å². The second-order valence-corrected chi connectivity index (χ2v) is 4.24. The molecule has 0 saturated heterocycles. The van der Waals surface area contributed by atoms with Crippen molar-refractivity contribution < 1.29 is 9.53 Å². The van der Waals surface area contributed by atoms with Crippen LogP contribution in [-0.2, 0) is 0 Å². The fourth-order valence-corrected chi connectivity index (χ4v) is 2.42. The first-order chi connectivity index (χ1) is 8.22. The van der Waals surface area contributed by atoms with Gasteiger partial charge in [-0.1, -0.05) is 18.2 Å². The van der Waals surface area contributed by atoms with Crippen LogP contribution in [0.1, 0.15) is 21.5 Å². The molecule has 2 aromatic carbocycles. The molecule has 1 aliphatic rings. The van der Waals surface area contributed by atoms with Crippen molar-refractivity contribution in [3.63, 3.8) is 0 Å². The number of methoxy groups -OCH3 is 1. The molecule has 17 heavy (non-hydrogen) atoms. The van der Waals surface area contributed by atoms with Gasteiger partial charge in [-0.25, -0.2) is 0 Å². The highest BCUT2D eigenvalue weighted by Gasteiger charge is 2.27. The van der Waals surface area contributed by atoms with E-state index >= 15 is 0 Å². The summed E-state index contributed by atoms with van der Waals surface area (Å²) < 4.78 is 5.16. The quantitative estimate of drug-likeness (QED) is 0.634. The summed E-state index contributed by atoms with van der Waals surface area (Å²) in [5.74, 6) is 0.820. The standard InChI is InChI=1S/C15H12O2/c1-9-4-3-5-12-14(9)11-7-6-10(17-2)8-13(11)15(12)16/h3-8H,1-2H3. The lowest BCUT2D eigenvalue weighted by atomic mass is 10.0. The Kier molecular flexibility index (Phi) is 2.05. The molecule has 0 amide bonds. The van der Waals surface area contributed by atoms with Crippen LogP contribution in [0.5, 0.6) is 5.75 Å². The molecule has 0 unspecified atom stereocenters. The highest BCUT2D eigenvalue weighted by molar-refractivity contribution is 6.22. The van der Waals surface area contributed by atoms with Crippen molar-refractivity contribution in [3.05, 3.63) is 53.1 Å². The third-order valence-electron chi connectivity index (χ3n) is 3.26. The van der Waals surface area contributed by atoms with Gasteiger partial charge in [-0.2, -0.15) is 0 Å². The molecule has 0 saturated carbocycles. The van der Waals surface area contributed by atoms with Crippen molar-refractivity contribution in [2.24, 2.45) is 0 Å². The predicted molar refractivity (Wildman–Crippen MR) is 66.6 cm³/mol. The number of fused-ring (bicyclic) bond motifs is 3. The van der Waals surface area contributed by atoms with Gasteiger partial charge in [0.25, 0.3) is 0 Å². The molecule has 0 aromatic heterocycles. The summed E-state index contributed by atoms with van der Waals surface area (Å²) in [7, 11) is 1.61. The minimum Gasteiger partial charge on any atom is -0.497 e. The SMILES string of the molecule is COc1ccc2c(c1)C(=O)c1cccc(C)c1-2. The Bertz CT molecular complexity index is 627. The Balaban J connectivity index is 2.32. The average Bonchev–Trinajstić information content (AvgIpc) is 2.64. The molecule has 0 bridgehead atoms. The molecule has 0 N–H and O–H groups in total. The molecule has 84 valence electrons. The number of ketones is 1. The minimum absolute atomic E-state index is 0.0950. The van der Waals surface area contributed by atoms with E-state index in [1.54, 1.807) is 7.11 Å². The molecule has 2 aromatic rings. The highest BCUT2D eigenvalue weighted by atomic mass is 16.5. The molecule has 2 nitrogen and oxygen atoms in total. The van der Waals surface area contributed by atoms with Crippen LogP contribution in [0.3, 0.4) is 0 Å². The van der Waals surface area contributed by atoms with Crippen molar-refractivity contribution in [2.75, 3.05) is 7.11 Å². The molecule has 0 heterocycles. The third-order valence-corrected chi connectivity index (χ3v) is 3.26. The highest BCUT2D eigenvalue weighted by Crippen LogP contribution is 2.39. The minimum atomic E-state index is 0.0950. The Labute approximate surface area is 99.9 Å². The molecule has 0 aliphatic heterocycles. The van der Waals surface area contributed by atoms with E-state index in [4.69, 9.17) is 4.74 Å². The van der Waals surface area contributed by atoms with Crippen LogP contribution >= 0.6 is 0 Å². The van der Waals surface area contributed by atoms with Crippen molar-refractivity contribution in [1.82, 2.24) is 0 Å². The van der Waals surface area contributed by atoms with Crippen LogP contribution in [0, 0.1) is 6.92 Å². The summed E-state index contributed by atoms with van der Waals surface area (Å²) in [5.41, 5.74) is 4.76. The van der Waals surface area contributed by atoms with Gasteiger partial charge in [0.1, 0.15) is 5.75 Å². The first-order valence-electron chi connectivity index (χ1n) is 5.55. The van der Waals surface area contributed by atoms with E-state index in [-0.39, 0.29) is 5.78 Å². The lowest BCUT2D eigenvalue weighted by Gasteiger charge is -2.05. The number of carbonyl (C=O) groups is 1. The fourth-order valence-electron chi connectivity index (χ4n) is 2.42. The van der Waals surface area contributed by atoms with Crippen LogP contribution in [0.2, 0.25) is 0 Å². The lowest BCUT2D eigenvalue weighted by Crippen LogP contribution is -1.95. The van der Waals surface area contributed by atoms with Crippen LogP contribution in [0.4, 0.5) is 0 Å². The zero-order chi connectivity index (χ0) is 12.0. The summed E-state index contributed by atoms with van der Waals surface area (Å²) in [6.45, 7) is 2.03. The number of aryl methyl sites for hydroxylation is 1. The molecular formula is C15H12O2. The van der Waals surface area contributed by atoms with Gasteiger partial charge in [0.15, 0.2) is 5.78 Å². The maximum absolute atomic E-state index is 12.3. The van der Waals surface area contributed by atoms with Crippen molar-refractivity contribution in [3.8, 4) is 16.9 Å². The summed E-state index contributed by atoms with van der Waals surface area (Å²) >= 11 is 0. The van der Waals surface area contributed by atoms with E-state index in [1.165, 1.54) is 0 Å². The molecule has 0 radical (unpaired) electrons. The summed E-state index contributed by atoms with van der Waals surface area (Å²) in [4.78, 5) is 12.3. The van der Waals surface area contributed by atoms with E-state index < -0.39 is 0 Å². The topological polar surface area (TPSA) is 26.3 Å². The third kappa shape index (κ3) is 1.30. The van der Waals surface area contributed by atoms with E-state index in [0.29, 0.717) is 0 Å². The van der Waals surface area contributed by atoms with E-state index in [0.717, 1.165) is 33.6 Å². The van der Waals surface area contributed by atoms with Gasteiger partial charge in [0.05, 0.1) is 7.11 Å². The van der Waals surface area contributed by atoms with Crippen molar-refractivity contribution in [1.29, 1.82) is 0 Å². The molecule has 2 heteroatoms. The summed E-state index contributed by atoms with van der Waals surface area (Å²) in [5, 5.41) is 0. The predicted octanol–water partition coefficient (Wildman–Crippen LogP) is 3.22. The number of benzene rings is 2. The molecule has 0 spiro atoms. The van der Waals surface area contributed by atoms with Crippen molar-refractivity contribution in [2.45, 2.75) is 6.92 Å². The lowest BCUT2D eigenvalue weighted by molar-refractivity contribution is 0.104. The zero-order valence-electron chi connectivity index (χ0n) is 9.78. The molecule has 0 atom stereocenters. The van der Waals surface area contributed by atoms with Crippen LogP contribution in [0.15, 0.2) is 36.4 Å².